The molecular weight excluding hydrogens is 274 g/mol. The fraction of sp³-hybridized carbons (Fsp3) is 0.0909. The van der Waals surface area contributed by atoms with Gasteiger partial charge < -0.3 is 0 Å². The first-order chi connectivity index (χ1) is 8.65. The van der Waals surface area contributed by atoms with E-state index in [4.69, 9.17) is 11.6 Å². The summed E-state index contributed by atoms with van der Waals surface area (Å²) in [5, 5.41) is 11.6. The maximum atomic E-state index is 10.6. The molecule has 0 bridgehead atoms. The van der Waals surface area contributed by atoms with E-state index >= 15 is 0 Å². The molecule has 0 unspecified atom stereocenters. The number of aromatic nitrogens is 2. The van der Waals surface area contributed by atoms with Crippen molar-refractivity contribution < 1.29 is 4.92 Å². The molecule has 18 heavy (non-hydrogen) atoms. The van der Waals surface area contributed by atoms with Crippen LogP contribution in [0.5, 0.6) is 0 Å². The van der Waals surface area contributed by atoms with Crippen LogP contribution in [0.4, 0.5) is 5.69 Å². The Hall–Kier alpha value is -1.66. The summed E-state index contributed by atoms with van der Waals surface area (Å²) < 4.78 is 0. The first kappa shape index (κ1) is 12.8. The van der Waals surface area contributed by atoms with Gasteiger partial charge in [0, 0.05) is 24.1 Å². The Bertz CT molecular complexity index is 580. The quantitative estimate of drug-likeness (QED) is 0.283. The molecule has 0 amide bonds. The minimum atomic E-state index is -0.413. The first-order valence-corrected chi connectivity index (χ1v) is 6.36. The Morgan fingerprint density at radius 1 is 1.39 bits per heavy atom. The largest absolute Gasteiger partial charge is 0.269 e. The SMILES string of the molecule is O=[N+]([O-])c1cccc(CSc2nccc(Cl)n2)c1. The fourth-order valence-corrected chi connectivity index (χ4v) is 2.26. The predicted octanol–water partition coefficient (Wildman–Crippen LogP) is 3.33. The molecule has 0 aliphatic heterocycles. The average molecular weight is 282 g/mol. The number of nitrogens with zero attached hydrogens (tertiary/aromatic N) is 3. The highest BCUT2D eigenvalue weighted by atomic mass is 35.5. The van der Waals surface area contributed by atoms with Crippen LogP contribution in [0.25, 0.3) is 0 Å². The van der Waals surface area contributed by atoms with E-state index in [1.165, 1.54) is 23.9 Å². The van der Waals surface area contributed by atoms with Crippen LogP contribution in [-0.4, -0.2) is 14.9 Å². The van der Waals surface area contributed by atoms with Crippen LogP contribution < -0.4 is 0 Å². The van der Waals surface area contributed by atoms with Crippen molar-refractivity contribution in [3.05, 3.63) is 57.4 Å². The first-order valence-electron chi connectivity index (χ1n) is 5.00. The highest BCUT2D eigenvalue weighted by Gasteiger charge is 2.06. The summed E-state index contributed by atoms with van der Waals surface area (Å²) in [7, 11) is 0. The molecule has 2 rings (SSSR count). The number of nitro groups is 1. The molecule has 0 N–H and O–H groups in total. The lowest BCUT2D eigenvalue weighted by Crippen LogP contribution is -1.90. The van der Waals surface area contributed by atoms with Crippen molar-refractivity contribution in [2.75, 3.05) is 0 Å². The van der Waals surface area contributed by atoms with Gasteiger partial charge in [-0.05, 0) is 11.6 Å². The third-order valence-electron chi connectivity index (χ3n) is 2.09. The van der Waals surface area contributed by atoms with E-state index in [9.17, 15) is 10.1 Å². The van der Waals surface area contributed by atoms with Crippen LogP contribution in [0, 0.1) is 10.1 Å². The van der Waals surface area contributed by atoms with Crippen molar-refractivity contribution >= 4 is 29.1 Å². The molecule has 1 aromatic carbocycles. The van der Waals surface area contributed by atoms with Gasteiger partial charge in [-0.15, -0.1) is 0 Å². The molecule has 0 spiro atoms. The van der Waals surface area contributed by atoms with E-state index in [2.05, 4.69) is 9.97 Å². The maximum absolute atomic E-state index is 10.6. The lowest BCUT2D eigenvalue weighted by atomic mass is 10.2. The number of halogens is 1. The topological polar surface area (TPSA) is 68.9 Å². The van der Waals surface area contributed by atoms with Crippen LogP contribution in [0.2, 0.25) is 5.15 Å². The van der Waals surface area contributed by atoms with Gasteiger partial charge in [0.1, 0.15) is 5.15 Å². The summed E-state index contributed by atoms with van der Waals surface area (Å²) in [5.41, 5.74) is 0.929. The monoisotopic (exact) mass is 281 g/mol. The van der Waals surface area contributed by atoms with E-state index < -0.39 is 4.92 Å². The molecule has 1 aromatic heterocycles. The number of rotatable bonds is 4. The van der Waals surface area contributed by atoms with Crippen molar-refractivity contribution in [3.8, 4) is 0 Å². The van der Waals surface area contributed by atoms with Crippen molar-refractivity contribution in [2.45, 2.75) is 10.9 Å². The molecule has 5 nitrogen and oxygen atoms in total. The highest BCUT2D eigenvalue weighted by molar-refractivity contribution is 7.98. The minimum absolute atomic E-state index is 0.0834. The number of nitro benzene ring substituents is 1. The minimum Gasteiger partial charge on any atom is -0.258 e. The van der Waals surface area contributed by atoms with Crippen LogP contribution in [0.1, 0.15) is 5.56 Å². The maximum Gasteiger partial charge on any atom is 0.269 e. The normalized spacial score (nSPS) is 10.3. The summed E-state index contributed by atoms with van der Waals surface area (Å²) in [6.07, 6.45) is 1.57. The van der Waals surface area contributed by atoms with Gasteiger partial charge in [0.15, 0.2) is 5.16 Å². The second-order valence-electron chi connectivity index (χ2n) is 3.38. The standard InChI is InChI=1S/C11H8ClN3O2S/c12-10-4-5-13-11(14-10)18-7-8-2-1-3-9(6-8)15(16)17/h1-6H,7H2. The number of non-ortho nitro benzene ring substituents is 1. The molecule has 0 fully saturated rings. The van der Waals surface area contributed by atoms with E-state index in [1.54, 1.807) is 18.3 Å². The third kappa shape index (κ3) is 3.41. The van der Waals surface area contributed by atoms with E-state index in [1.807, 2.05) is 6.07 Å². The molecule has 92 valence electrons. The Kier molecular flexibility index (Phi) is 4.11. The molecule has 0 atom stereocenters. The van der Waals surface area contributed by atoms with Crippen LogP contribution >= 0.6 is 23.4 Å². The van der Waals surface area contributed by atoms with E-state index in [0.717, 1.165) is 5.56 Å². The van der Waals surface area contributed by atoms with Crippen LogP contribution in [-0.2, 0) is 5.75 Å². The average Bonchev–Trinajstić information content (AvgIpc) is 2.37. The van der Waals surface area contributed by atoms with E-state index in [-0.39, 0.29) is 5.69 Å². The molecule has 0 saturated heterocycles. The molecule has 1 heterocycles. The van der Waals surface area contributed by atoms with Crippen LogP contribution in [0.3, 0.4) is 0 Å². The Labute approximate surface area is 112 Å². The molecular formula is C11H8ClN3O2S. The molecule has 0 radical (unpaired) electrons. The van der Waals surface area contributed by atoms with Gasteiger partial charge in [-0.3, -0.25) is 10.1 Å². The smallest absolute Gasteiger partial charge is 0.258 e. The second-order valence-corrected chi connectivity index (χ2v) is 4.71. The van der Waals surface area contributed by atoms with Gasteiger partial charge in [-0.25, -0.2) is 9.97 Å². The summed E-state index contributed by atoms with van der Waals surface area (Å²) >= 11 is 7.12. The van der Waals surface area contributed by atoms with Gasteiger partial charge in [0.25, 0.3) is 5.69 Å². The van der Waals surface area contributed by atoms with Crippen molar-refractivity contribution in [3.63, 3.8) is 0 Å². The summed E-state index contributed by atoms with van der Waals surface area (Å²) in [6.45, 7) is 0. The van der Waals surface area contributed by atoms with Gasteiger partial charge in [0.2, 0.25) is 0 Å². The predicted molar refractivity (Wildman–Crippen MR) is 69.7 cm³/mol. The fourth-order valence-electron chi connectivity index (χ4n) is 1.30. The Morgan fingerprint density at radius 2 is 2.22 bits per heavy atom. The Balaban J connectivity index is 2.06. The number of thioether (sulfide) groups is 1. The lowest BCUT2D eigenvalue weighted by Gasteiger charge is -2.01. The number of hydrogen-bond acceptors (Lipinski definition) is 5. The number of benzene rings is 1. The zero-order valence-electron chi connectivity index (χ0n) is 9.12. The van der Waals surface area contributed by atoms with Crippen molar-refractivity contribution in [1.82, 2.24) is 9.97 Å². The molecule has 7 heteroatoms. The summed E-state index contributed by atoms with van der Waals surface area (Å²) in [5.74, 6) is 0.558. The van der Waals surface area contributed by atoms with Gasteiger partial charge in [0.05, 0.1) is 4.92 Å². The van der Waals surface area contributed by atoms with Crippen molar-refractivity contribution in [1.29, 1.82) is 0 Å². The third-order valence-corrected chi connectivity index (χ3v) is 3.23. The number of hydrogen-bond donors (Lipinski definition) is 0. The highest BCUT2D eigenvalue weighted by Crippen LogP contribution is 2.22. The summed E-state index contributed by atoms with van der Waals surface area (Å²) in [6, 6.07) is 8.08. The van der Waals surface area contributed by atoms with Gasteiger partial charge in [-0.1, -0.05) is 35.5 Å². The molecule has 2 aromatic rings. The molecule has 0 aliphatic rings. The summed E-state index contributed by atoms with van der Waals surface area (Å²) in [4.78, 5) is 18.3. The molecule has 0 aliphatic carbocycles. The van der Waals surface area contributed by atoms with Crippen molar-refractivity contribution in [2.24, 2.45) is 0 Å². The van der Waals surface area contributed by atoms with Gasteiger partial charge >= 0.3 is 0 Å². The lowest BCUT2D eigenvalue weighted by molar-refractivity contribution is -0.384. The van der Waals surface area contributed by atoms with Crippen LogP contribution in [0.15, 0.2) is 41.7 Å². The zero-order valence-corrected chi connectivity index (χ0v) is 10.7. The van der Waals surface area contributed by atoms with Gasteiger partial charge in [-0.2, -0.15) is 0 Å². The zero-order chi connectivity index (χ0) is 13.0. The second kappa shape index (κ2) is 5.79. The van der Waals surface area contributed by atoms with E-state index in [0.29, 0.717) is 16.1 Å². The Morgan fingerprint density at radius 3 is 2.94 bits per heavy atom. The molecule has 0 saturated carbocycles.